The van der Waals surface area contributed by atoms with Crippen molar-refractivity contribution in [2.45, 2.75) is 25.4 Å². The molecule has 0 amide bonds. The first-order valence-corrected chi connectivity index (χ1v) is 7.24. The summed E-state index contributed by atoms with van der Waals surface area (Å²) in [6, 6.07) is 3.83. The molecule has 5 nitrogen and oxygen atoms in total. The van der Waals surface area contributed by atoms with Crippen LogP contribution < -0.4 is 10.1 Å². The Labute approximate surface area is 127 Å². The second-order valence-electron chi connectivity index (χ2n) is 5.98. The third-order valence-electron chi connectivity index (χ3n) is 4.53. The number of nitriles is 1. The zero-order valence-corrected chi connectivity index (χ0v) is 12.4. The molecule has 4 rings (SSSR count). The molecule has 2 aliphatic rings. The van der Waals surface area contributed by atoms with Crippen molar-refractivity contribution < 1.29 is 9.13 Å². The molecule has 0 atom stereocenters. The van der Waals surface area contributed by atoms with Crippen molar-refractivity contribution in [3.8, 4) is 23.1 Å². The van der Waals surface area contributed by atoms with E-state index in [4.69, 9.17) is 4.74 Å². The van der Waals surface area contributed by atoms with Gasteiger partial charge in [0.15, 0.2) is 5.75 Å². The molecule has 112 valence electrons. The fraction of sp³-hybridized carbons (Fsp3) is 0.375. The molecule has 1 spiro atoms. The molecule has 0 radical (unpaired) electrons. The number of nitrogens with zero attached hydrogens (tertiary/aromatic N) is 3. The van der Waals surface area contributed by atoms with E-state index in [9.17, 15) is 9.65 Å². The highest BCUT2D eigenvalue weighted by Gasteiger charge is 2.49. The average molecular weight is 298 g/mol. The maximum absolute atomic E-state index is 14.9. The number of halogens is 1. The quantitative estimate of drug-likeness (QED) is 0.879. The summed E-state index contributed by atoms with van der Waals surface area (Å²) in [5.41, 5.74) is 1.92. The van der Waals surface area contributed by atoms with E-state index in [-0.39, 0.29) is 16.7 Å². The van der Waals surface area contributed by atoms with Crippen LogP contribution in [0.5, 0.6) is 5.75 Å². The topological polar surface area (TPSA) is 62.9 Å². The number of benzene rings is 1. The summed E-state index contributed by atoms with van der Waals surface area (Å²) in [4.78, 5) is 0. The molecule has 1 fully saturated rings. The summed E-state index contributed by atoms with van der Waals surface area (Å²) < 4.78 is 22.6. The summed E-state index contributed by atoms with van der Waals surface area (Å²) in [5, 5.41) is 16.9. The second kappa shape index (κ2) is 4.23. The van der Waals surface area contributed by atoms with E-state index in [1.165, 1.54) is 0 Å². The first kappa shape index (κ1) is 13.1. The molecular weight excluding hydrogens is 283 g/mol. The van der Waals surface area contributed by atoms with Gasteiger partial charge in [0.1, 0.15) is 23.1 Å². The first-order valence-electron chi connectivity index (χ1n) is 7.24. The van der Waals surface area contributed by atoms with Gasteiger partial charge in [0.05, 0.1) is 23.5 Å². The minimum Gasteiger partial charge on any atom is -0.482 e. The highest BCUT2D eigenvalue weighted by atomic mass is 19.1. The Kier molecular flexibility index (Phi) is 2.52. The van der Waals surface area contributed by atoms with Gasteiger partial charge >= 0.3 is 0 Å². The van der Waals surface area contributed by atoms with Crippen LogP contribution in [0.25, 0.3) is 11.3 Å². The van der Waals surface area contributed by atoms with Gasteiger partial charge in [-0.3, -0.25) is 4.68 Å². The minimum absolute atomic E-state index is 0.216. The van der Waals surface area contributed by atoms with Crippen LogP contribution in [0.4, 0.5) is 10.1 Å². The Morgan fingerprint density at radius 1 is 1.50 bits per heavy atom. The zero-order chi connectivity index (χ0) is 15.5. The zero-order valence-electron chi connectivity index (χ0n) is 12.4. The standard InChI is InChI=1S/C16H15FN4O/c1-9-13(17)12(11-3-6-20-21(11)2)10(7-18)15-14(9)19-8-16(22-15)4-5-16/h3,6,19H,4-5,8H2,1-2H3. The lowest BCUT2D eigenvalue weighted by Gasteiger charge is -2.30. The van der Waals surface area contributed by atoms with Crippen LogP contribution in [-0.4, -0.2) is 21.9 Å². The highest BCUT2D eigenvalue weighted by molar-refractivity contribution is 5.81. The fourth-order valence-corrected chi connectivity index (χ4v) is 3.02. The molecule has 6 heteroatoms. The first-order chi connectivity index (χ1) is 10.6. The van der Waals surface area contributed by atoms with Crippen LogP contribution in [0.15, 0.2) is 12.3 Å². The van der Waals surface area contributed by atoms with Gasteiger partial charge in [-0.1, -0.05) is 0 Å². The SMILES string of the molecule is Cc1c(F)c(-c2ccnn2C)c(C#N)c2c1NCC1(CC1)O2. The van der Waals surface area contributed by atoms with Gasteiger partial charge in [0, 0.05) is 18.8 Å². The average Bonchev–Trinajstić information content (AvgIpc) is 3.12. The van der Waals surface area contributed by atoms with Gasteiger partial charge in [0.2, 0.25) is 0 Å². The number of hydrogen-bond donors (Lipinski definition) is 1. The maximum Gasteiger partial charge on any atom is 0.162 e. The van der Waals surface area contributed by atoms with E-state index < -0.39 is 5.82 Å². The smallest absolute Gasteiger partial charge is 0.162 e. The van der Waals surface area contributed by atoms with Crippen LogP contribution in [0.2, 0.25) is 0 Å². The maximum atomic E-state index is 14.9. The Bertz CT molecular complexity index is 830. The Hall–Kier alpha value is -2.55. The second-order valence-corrected chi connectivity index (χ2v) is 5.98. The van der Waals surface area contributed by atoms with Crippen molar-refractivity contribution >= 4 is 5.69 Å². The molecule has 1 aromatic heterocycles. The molecule has 22 heavy (non-hydrogen) atoms. The van der Waals surface area contributed by atoms with Crippen LogP contribution in [0.3, 0.4) is 0 Å². The monoisotopic (exact) mass is 298 g/mol. The Morgan fingerprint density at radius 3 is 2.86 bits per heavy atom. The van der Waals surface area contributed by atoms with Crippen LogP contribution in [-0.2, 0) is 7.05 Å². The number of aryl methyl sites for hydroxylation is 1. The van der Waals surface area contributed by atoms with Gasteiger partial charge in [-0.25, -0.2) is 4.39 Å². The van der Waals surface area contributed by atoms with Gasteiger partial charge in [-0.15, -0.1) is 0 Å². The largest absolute Gasteiger partial charge is 0.482 e. The van der Waals surface area contributed by atoms with Crippen LogP contribution >= 0.6 is 0 Å². The lowest BCUT2D eigenvalue weighted by Crippen LogP contribution is -2.33. The van der Waals surface area contributed by atoms with Gasteiger partial charge < -0.3 is 10.1 Å². The summed E-state index contributed by atoms with van der Waals surface area (Å²) in [6.45, 7) is 2.37. The van der Waals surface area contributed by atoms with E-state index in [1.807, 2.05) is 0 Å². The predicted octanol–water partition coefficient (Wildman–Crippen LogP) is 2.74. The molecule has 0 saturated heterocycles. The number of fused-ring (bicyclic) bond motifs is 1. The van der Waals surface area contributed by atoms with Gasteiger partial charge in [-0.05, 0) is 25.8 Å². The lowest BCUT2D eigenvalue weighted by molar-refractivity contribution is 0.183. The predicted molar refractivity (Wildman–Crippen MR) is 79.1 cm³/mol. The molecule has 1 saturated carbocycles. The number of ether oxygens (including phenoxy) is 1. The number of hydrogen-bond acceptors (Lipinski definition) is 4. The molecule has 0 unspecified atom stereocenters. The van der Waals surface area contributed by atoms with Gasteiger partial charge in [0.25, 0.3) is 0 Å². The Balaban J connectivity index is 2.02. The van der Waals surface area contributed by atoms with Crippen LogP contribution in [0.1, 0.15) is 24.0 Å². The van der Waals surface area contributed by atoms with Crippen molar-refractivity contribution in [2.75, 3.05) is 11.9 Å². The lowest BCUT2D eigenvalue weighted by atomic mass is 9.96. The molecule has 0 bridgehead atoms. The number of rotatable bonds is 1. The van der Waals surface area contributed by atoms with E-state index in [0.717, 1.165) is 12.8 Å². The minimum atomic E-state index is -0.401. The number of anilines is 1. The number of nitrogens with one attached hydrogen (secondary N) is 1. The summed E-state index contributed by atoms with van der Waals surface area (Å²) in [6.07, 6.45) is 3.51. The van der Waals surface area contributed by atoms with Gasteiger partial charge in [-0.2, -0.15) is 10.4 Å². The van der Waals surface area contributed by atoms with E-state index >= 15 is 0 Å². The van der Waals surface area contributed by atoms with E-state index in [2.05, 4.69) is 16.5 Å². The van der Waals surface area contributed by atoms with Crippen molar-refractivity contribution in [3.63, 3.8) is 0 Å². The molecule has 2 heterocycles. The molecule has 1 aromatic carbocycles. The van der Waals surface area contributed by atoms with Crippen LogP contribution in [0, 0.1) is 24.1 Å². The fourth-order valence-electron chi connectivity index (χ4n) is 3.02. The van der Waals surface area contributed by atoms with Crippen molar-refractivity contribution in [1.29, 1.82) is 5.26 Å². The van der Waals surface area contributed by atoms with Crippen molar-refractivity contribution in [1.82, 2.24) is 9.78 Å². The molecule has 1 N–H and O–H groups in total. The number of aromatic nitrogens is 2. The normalized spacial score (nSPS) is 17.4. The third kappa shape index (κ3) is 1.65. The molecular formula is C16H15FN4O. The van der Waals surface area contributed by atoms with E-state index in [1.54, 1.807) is 30.9 Å². The summed E-state index contributed by atoms with van der Waals surface area (Å²) >= 11 is 0. The summed E-state index contributed by atoms with van der Waals surface area (Å²) in [7, 11) is 1.73. The van der Waals surface area contributed by atoms with Crippen molar-refractivity contribution in [2.24, 2.45) is 7.05 Å². The molecule has 2 aromatic rings. The van der Waals surface area contributed by atoms with E-state index in [0.29, 0.717) is 29.2 Å². The molecule has 1 aliphatic carbocycles. The van der Waals surface area contributed by atoms with Crippen molar-refractivity contribution in [3.05, 3.63) is 29.2 Å². The third-order valence-corrected chi connectivity index (χ3v) is 4.53. The highest BCUT2D eigenvalue weighted by Crippen LogP contribution is 2.50. The Morgan fingerprint density at radius 2 is 2.27 bits per heavy atom. The summed E-state index contributed by atoms with van der Waals surface area (Å²) in [5.74, 6) is 0.0723. The molecule has 1 aliphatic heterocycles.